The highest BCUT2D eigenvalue weighted by Gasteiger charge is 2.28. The number of carbonyl (C=O) groups excluding carboxylic acids is 1. The molecule has 3 aromatic rings. The minimum atomic E-state index is -0.593. The molecule has 0 spiro atoms. The third-order valence-corrected chi connectivity index (χ3v) is 7.37. The van der Waals surface area contributed by atoms with Crippen molar-refractivity contribution in [3.05, 3.63) is 45.8 Å². The van der Waals surface area contributed by atoms with Gasteiger partial charge < -0.3 is 14.9 Å². The van der Waals surface area contributed by atoms with Crippen LogP contribution in [-0.4, -0.2) is 16.4 Å². The fourth-order valence-electron chi connectivity index (χ4n) is 3.40. The second-order valence-electron chi connectivity index (χ2n) is 7.19. The van der Waals surface area contributed by atoms with Gasteiger partial charge in [-0.15, -0.1) is 11.3 Å². The summed E-state index contributed by atoms with van der Waals surface area (Å²) in [6.07, 6.45) is 4.00. The molecule has 1 aliphatic rings. The molecule has 9 heteroatoms. The lowest BCUT2D eigenvalue weighted by Crippen LogP contribution is -2.36. The summed E-state index contributed by atoms with van der Waals surface area (Å²) in [4.78, 5) is 14.0. The van der Waals surface area contributed by atoms with Gasteiger partial charge in [0, 0.05) is 17.0 Å². The Labute approximate surface area is 182 Å². The van der Waals surface area contributed by atoms with Gasteiger partial charge in [-0.25, -0.2) is 0 Å². The molecule has 1 atom stereocenters. The number of hydrogen-bond acceptors (Lipinski definition) is 7. The van der Waals surface area contributed by atoms with E-state index in [9.17, 15) is 15.2 Å². The molecule has 154 valence electrons. The zero-order valence-corrected chi connectivity index (χ0v) is 18.2. The quantitative estimate of drug-likeness (QED) is 0.482. The number of nitrogens with one attached hydrogen (secondary N) is 1. The van der Waals surface area contributed by atoms with Crippen LogP contribution in [0.1, 0.15) is 41.3 Å². The number of thiophene rings is 1. The van der Waals surface area contributed by atoms with Crippen molar-refractivity contribution >= 4 is 34.0 Å². The minimum absolute atomic E-state index is 0.229. The molecule has 30 heavy (non-hydrogen) atoms. The molecule has 1 N–H and O–H groups in total. The van der Waals surface area contributed by atoms with Gasteiger partial charge in [-0.1, -0.05) is 17.7 Å². The number of nitrogens with zero attached hydrogens (tertiary/aromatic N) is 3. The maximum Gasteiger partial charge on any atom is 0.298 e. The van der Waals surface area contributed by atoms with Gasteiger partial charge in [0.1, 0.15) is 11.1 Å². The van der Waals surface area contributed by atoms with Gasteiger partial charge in [0.15, 0.2) is 5.95 Å². The van der Waals surface area contributed by atoms with Crippen LogP contribution >= 0.6 is 23.1 Å². The zero-order chi connectivity index (χ0) is 21.3. The number of benzene rings is 1. The molecule has 0 aliphatic heterocycles. The third-order valence-electron chi connectivity index (χ3n) is 5.03. The fourth-order valence-corrected chi connectivity index (χ4v) is 5.51. The number of aromatic nitrogens is 2. The van der Waals surface area contributed by atoms with Crippen LogP contribution in [-0.2, 0) is 17.6 Å². The van der Waals surface area contributed by atoms with E-state index in [1.54, 1.807) is 6.92 Å². The summed E-state index contributed by atoms with van der Waals surface area (Å²) in [6, 6.07) is 9.74. The summed E-state index contributed by atoms with van der Waals surface area (Å²) >= 11 is 2.57. The van der Waals surface area contributed by atoms with Gasteiger partial charge >= 0.3 is 0 Å². The smallest absolute Gasteiger partial charge is 0.298 e. The third kappa shape index (κ3) is 3.93. The van der Waals surface area contributed by atoms with Crippen molar-refractivity contribution in [2.24, 2.45) is 0 Å². The molecule has 4 rings (SSSR count). The summed E-state index contributed by atoms with van der Waals surface area (Å²) < 4.78 is 6.24. The van der Waals surface area contributed by atoms with Crippen LogP contribution < -0.4 is 15.1 Å². The Kier molecular flexibility index (Phi) is 5.79. The number of rotatable bonds is 5. The largest absolute Gasteiger partial charge is 0.538 e. The summed E-state index contributed by atoms with van der Waals surface area (Å²) in [6.45, 7) is 3.68. The molecule has 1 unspecified atom stereocenters. The van der Waals surface area contributed by atoms with Crippen molar-refractivity contribution in [3.8, 4) is 17.7 Å². The Bertz CT molecular complexity index is 1130. The summed E-state index contributed by atoms with van der Waals surface area (Å²) in [5.74, 6) is -0.865. The number of fused-ring (bicyclic) bond motifs is 1. The van der Waals surface area contributed by atoms with Crippen molar-refractivity contribution in [1.29, 1.82) is 5.26 Å². The van der Waals surface area contributed by atoms with E-state index < -0.39 is 11.2 Å². The topological polar surface area (TPSA) is 106 Å². The molecular formula is C21H20N4O3S2. The first kappa shape index (κ1) is 20.4. The van der Waals surface area contributed by atoms with Crippen LogP contribution in [0.5, 0.6) is 5.95 Å². The Morgan fingerprint density at radius 3 is 2.83 bits per heavy atom. The molecule has 1 aliphatic carbocycles. The van der Waals surface area contributed by atoms with Crippen LogP contribution in [0.4, 0.5) is 5.00 Å². The summed E-state index contributed by atoms with van der Waals surface area (Å²) in [7, 11) is 0. The number of carbonyl (C=O) groups is 1. The van der Waals surface area contributed by atoms with Gasteiger partial charge in [0.25, 0.3) is 5.03 Å². The highest BCUT2D eigenvalue weighted by molar-refractivity contribution is 8.00. The average Bonchev–Trinajstić information content (AvgIpc) is 3.28. The number of aryl methyl sites for hydroxylation is 2. The van der Waals surface area contributed by atoms with Crippen molar-refractivity contribution in [2.45, 2.75) is 49.8 Å². The second kappa shape index (κ2) is 8.50. The Hall–Kier alpha value is -2.83. The Morgan fingerprint density at radius 2 is 2.10 bits per heavy atom. The van der Waals surface area contributed by atoms with E-state index in [0.717, 1.165) is 48.6 Å². The lowest BCUT2D eigenvalue weighted by atomic mass is 9.96. The van der Waals surface area contributed by atoms with Gasteiger partial charge in [0.05, 0.1) is 16.1 Å². The first-order valence-corrected chi connectivity index (χ1v) is 11.4. The number of anilines is 1. The monoisotopic (exact) mass is 440 g/mol. The number of hydrogen-bond donors (Lipinski definition) is 1. The van der Waals surface area contributed by atoms with E-state index in [-0.39, 0.29) is 10.9 Å². The van der Waals surface area contributed by atoms with Crippen LogP contribution in [0.15, 0.2) is 33.8 Å². The first-order chi connectivity index (χ1) is 14.5. The highest BCUT2D eigenvalue weighted by atomic mass is 32.2. The Balaban J connectivity index is 1.53. The SMILES string of the molecule is Cc1ccc(-[n+]2noc([O-])c2SC(C)C(=O)Nc2sc3c(c2C#N)CCCC3)cc1. The van der Waals surface area contributed by atoms with E-state index in [4.69, 9.17) is 4.52 Å². The molecule has 2 aromatic heterocycles. The predicted octanol–water partition coefficient (Wildman–Crippen LogP) is 3.26. The molecule has 0 radical (unpaired) electrons. The molecule has 1 aromatic carbocycles. The van der Waals surface area contributed by atoms with E-state index in [0.29, 0.717) is 16.3 Å². The normalized spacial score (nSPS) is 14.0. The Morgan fingerprint density at radius 1 is 1.37 bits per heavy atom. The van der Waals surface area contributed by atoms with Gasteiger partial charge in [-0.05, 0) is 61.5 Å². The van der Waals surface area contributed by atoms with Crippen LogP contribution in [0.2, 0.25) is 0 Å². The van der Waals surface area contributed by atoms with E-state index >= 15 is 0 Å². The maximum absolute atomic E-state index is 12.8. The fraction of sp³-hybridized carbons (Fsp3) is 0.333. The van der Waals surface area contributed by atoms with E-state index in [1.165, 1.54) is 20.9 Å². The van der Waals surface area contributed by atoms with E-state index in [2.05, 4.69) is 16.7 Å². The highest BCUT2D eigenvalue weighted by Crippen LogP contribution is 2.38. The lowest BCUT2D eigenvalue weighted by molar-refractivity contribution is -0.705. The summed E-state index contributed by atoms with van der Waals surface area (Å²) in [5.41, 5.74) is 3.41. The first-order valence-electron chi connectivity index (χ1n) is 9.66. The molecule has 2 heterocycles. The molecule has 0 saturated heterocycles. The maximum atomic E-state index is 12.8. The number of thioether (sulfide) groups is 1. The molecular weight excluding hydrogens is 420 g/mol. The standard InChI is InChI=1S/C21H20N4O3S2/c1-12-7-9-14(10-8-12)25-20(21(27)28-24-25)29-13(2)18(26)23-19-16(11-22)15-5-3-4-6-17(15)30-19/h7-10,13H,3-6H2,1-2H3,(H-,23,24,26,27). The molecule has 0 bridgehead atoms. The van der Waals surface area contributed by atoms with Gasteiger partial charge in [-0.2, -0.15) is 5.26 Å². The minimum Gasteiger partial charge on any atom is -0.538 e. The molecule has 0 fully saturated rings. The number of nitriles is 1. The number of amides is 1. The van der Waals surface area contributed by atoms with Gasteiger partial charge in [-0.3, -0.25) is 4.79 Å². The lowest BCUT2D eigenvalue weighted by Gasteiger charge is -2.10. The molecule has 7 nitrogen and oxygen atoms in total. The molecule has 1 amide bonds. The van der Waals surface area contributed by atoms with Crippen LogP contribution in [0, 0.1) is 18.3 Å². The summed E-state index contributed by atoms with van der Waals surface area (Å²) in [5, 5.41) is 28.7. The predicted molar refractivity (Wildman–Crippen MR) is 112 cm³/mol. The van der Waals surface area contributed by atoms with Crippen molar-refractivity contribution in [1.82, 2.24) is 5.27 Å². The van der Waals surface area contributed by atoms with Crippen molar-refractivity contribution in [3.63, 3.8) is 0 Å². The van der Waals surface area contributed by atoms with Crippen molar-refractivity contribution in [2.75, 3.05) is 5.32 Å². The van der Waals surface area contributed by atoms with Crippen LogP contribution in [0.3, 0.4) is 0 Å². The van der Waals surface area contributed by atoms with Crippen molar-refractivity contribution < 1.29 is 19.1 Å². The molecule has 0 saturated carbocycles. The second-order valence-corrected chi connectivity index (χ2v) is 9.62. The zero-order valence-electron chi connectivity index (χ0n) is 16.6. The van der Waals surface area contributed by atoms with Gasteiger partial charge in [0.2, 0.25) is 11.6 Å². The van der Waals surface area contributed by atoms with Crippen LogP contribution in [0.25, 0.3) is 5.69 Å². The van der Waals surface area contributed by atoms with E-state index in [1.807, 2.05) is 31.2 Å². The average molecular weight is 441 g/mol.